The van der Waals surface area contributed by atoms with Gasteiger partial charge >= 0.3 is 0 Å². The van der Waals surface area contributed by atoms with Gasteiger partial charge in [-0.1, -0.05) is 36.9 Å². The van der Waals surface area contributed by atoms with Crippen LogP contribution in [0.2, 0.25) is 0 Å². The van der Waals surface area contributed by atoms with Gasteiger partial charge < -0.3 is 0 Å². The minimum absolute atomic E-state index is 0.0676. The summed E-state index contributed by atoms with van der Waals surface area (Å²) in [6.45, 7) is 3.85. The van der Waals surface area contributed by atoms with Crippen molar-refractivity contribution in [3.63, 3.8) is 0 Å². The number of benzene rings is 1. The van der Waals surface area contributed by atoms with E-state index in [1.54, 1.807) is 12.2 Å². The highest BCUT2D eigenvalue weighted by Gasteiger charge is 2.13. The molecule has 2 rings (SSSR count). The second-order valence-electron chi connectivity index (χ2n) is 2.77. The zero-order chi connectivity index (χ0) is 8.55. The van der Waals surface area contributed by atoms with E-state index in [1.165, 1.54) is 0 Å². The molecule has 1 nitrogen and oxygen atoms in total. The quantitative estimate of drug-likeness (QED) is 0.564. The maximum atomic E-state index is 11.3. The molecule has 58 valence electrons. The number of fused-ring (bicyclic) bond motifs is 1. The van der Waals surface area contributed by atoms with Gasteiger partial charge in [-0.15, -0.1) is 0 Å². The van der Waals surface area contributed by atoms with Crippen molar-refractivity contribution in [2.24, 2.45) is 0 Å². The summed E-state index contributed by atoms with van der Waals surface area (Å²) in [6.07, 6.45) is 3.31. The lowest BCUT2D eigenvalue weighted by Gasteiger charge is -2.10. The first-order valence-corrected chi connectivity index (χ1v) is 3.80. The lowest BCUT2D eigenvalue weighted by molar-refractivity contribution is 0.104. The minimum Gasteiger partial charge on any atom is -0.289 e. The van der Waals surface area contributed by atoms with Crippen molar-refractivity contribution in [3.8, 4) is 0 Å². The zero-order valence-corrected chi connectivity index (χ0v) is 6.58. The molecule has 1 aliphatic rings. The van der Waals surface area contributed by atoms with Crippen LogP contribution in [-0.2, 0) is 0 Å². The predicted molar refractivity (Wildman–Crippen MR) is 48.9 cm³/mol. The standard InChI is InChI=1S/C11H8O/c1-8-6-7-11(12)10-5-3-2-4-9(8)10/h2-7H,1H2. The summed E-state index contributed by atoms with van der Waals surface area (Å²) in [6, 6.07) is 7.52. The van der Waals surface area contributed by atoms with Gasteiger partial charge in [-0.05, 0) is 17.2 Å². The number of ketones is 1. The molecule has 0 fully saturated rings. The van der Waals surface area contributed by atoms with E-state index in [9.17, 15) is 4.79 Å². The maximum Gasteiger partial charge on any atom is 0.186 e. The molecule has 0 spiro atoms. The molecule has 0 saturated heterocycles. The molecule has 0 bridgehead atoms. The summed E-state index contributed by atoms with van der Waals surface area (Å²) in [5, 5.41) is 0. The van der Waals surface area contributed by atoms with Crippen LogP contribution in [0.25, 0.3) is 5.57 Å². The summed E-state index contributed by atoms with van der Waals surface area (Å²) < 4.78 is 0. The fourth-order valence-corrected chi connectivity index (χ4v) is 1.33. The number of hydrogen-bond donors (Lipinski definition) is 0. The molecular weight excluding hydrogens is 148 g/mol. The monoisotopic (exact) mass is 156 g/mol. The van der Waals surface area contributed by atoms with Crippen molar-refractivity contribution >= 4 is 11.4 Å². The first-order chi connectivity index (χ1) is 5.79. The van der Waals surface area contributed by atoms with E-state index in [2.05, 4.69) is 6.58 Å². The topological polar surface area (TPSA) is 17.1 Å². The molecule has 0 radical (unpaired) electrons. The first-order valence-electron chi connectivity index (χ1n) is 3.80. The average molecular weight is 156 g/mol. The van der Waals surface area contributed by atoms with Gasteiger partial charge in [0.15, 0.2) is 5.78 Å². The van der Waals surface area contributed by atoms with Gasteiger partial charge in [-0.25, -0.2) is 0 Å². The normalized spacial score (nSPS) is 14.7. The van der Waals surface area contributed by atoms with Gasteiger partial charge in [-0.3, -0.25) is 4.79 Å². The Kier molecular flexibility index (Phi) is 1.44. The molecule has 0 aromatic heterocycles. The largest absolute Gasteiger partial charge is 0.289 e. The van der Waals surface area contributed by atoms with Crippen molar-refractivity contribution in [1.82, 2.24) is 0 Å². The molecule has 0 unspecified atom stereocenters. The SMILES string of the molecule is C=C1C=CC(=O)c2ccccc21. The number of carbonyl (C=O) groups is 1. The molecule has 0 amide bonds. The Morgan fingerprint density at radius 1 is 1.00 bits per heavy atom. The molecule has 1 aromatic rings. The number of hydrogen-bond acceptors (Lipinski definition) is 1. The van der Waals surface area contributed by atoms with Crippen molar-refractivity contribution in [1.29, 1.82) is 0 Å². The van der Waals surface area contributed by atoms with Crippen LogP contribution in [0, 0.1) is 0 Å². The van der Waals surface area contributed by atoms with Crippen LogP contribution in [-0.4, -0.2) is 5.78 Å². The highest BCUT2D eigenvalue weighted by atomic mass is 16.1. The lowest BCUT2D eigenvalue weighted by Crippen LogP contribution is -2.03. The fraction of sp³-hybridized carbons (Fsp3) is 0. The van der Waals surface area contributed by atoms with Crippen LogP contribution in [0.3, 0.4) is 0 Å². The molecule has 12 heavy (non-hydrogen) atoms. The highest BCUT2D eigenvalue weighted by Crippen LogP contribution is 2.23. The summed E-state index contributed by atoms with van der Waals surface area (Å²) in [5.41, 5.74) is 2.61. The van der Waals surface area contributed by atoms with E-state index >= 15 is 0 Å². The Hall–Kier alpha value is -1.63. The maximum absolute atomic E-state index is 11.3. The Bertz CT molecular complexity index is 349. The van der Waals surface area contributed by atoms with Crippen molar-refractivity contribution in [2.45, 2.75) is 0 Å². The van der Waals surface area contributed by atoms with Crippen LogP contribution < -0.4 is 0 Å². The van der Waals surface area contributed by atoms with Crippen LogP contribution in [0.15, 0.2) is 43.0 Å². The molecule has 1 heteroatoms. The van der Waals surface area contributed by atoms with Crippen molar-refractivity contribution < 1.29 is 4.79 Å². The summed E-state index contributed by atoms with van der Waals surface area (Å²) in [4.78, 5) is 11.3. The molecule has 1 aromatic carbocycles. The predicted octanol–water partition coefficient (Wildman–Crippen LogP) is 2.45. The summed E-state index contributed by atoms with van der Waals surface area (Å²) in [7, 11) is 0. The van der Waals surface area contributed by atoms with E-state index in [-0.39, 0.29) is 5.78 Å². The summed E-state index contributed by atoms with van der Waals surface area (Å²) in [5.74, 6) is 0.0676. The van der Waals surface area contributed by atoms with Gasteiger partial charge in [0.2, 0.25) is 0 Å². The fourth-order valence-electron chi connectivity index (χ4n) is 1.33. The molecule has 0 heterocycles. The first kappa shape index (κ1) is 7.04. The zero-order valence-electron chi connectivity index (χ0n) is 6.58. The highest BCUT2D eigenvalue weighted by molar-refractivity contribution is 6.12. The molecule has 0 N–H and O–H groups in total. The molecule has 0 aliphatic heterocycles. The van der Waals surface area contributed by atoms with Crippen LogP contribution in [0.5, 0.6) is 0 Å². The van der Waals surface area contributed by atoms with Crippen LogP contribution in [0.1, 0.15) is 15.9 Å². The number of carbonyl (C=O) groups excluding carboxylic acids is 1. The second kappa shape index (κ2) is 2.45. The van der Waals surface area contributed by atoms with Crippen LogP contribution >= 0.6 is 0 Å². The van der Waals surface area contributed by atoms with Gasteiger partial charge in [-0.2, -0.15) is 0 Å². The third-order valence-corrected chi connectivity index (χ3v) is 1.97. The molecule has 0 atom stereocenters. The Morgan fingerprint density at radius 3 is 2.33 bits per heavy atom. The molecule has 1 aliphatic carbocycles. The Labute approximate surface area is 71.0 Å². The molecule has 0 saturated carbocycles. The Morgan fingerprint density at radius 2 is 1.67 bits per heavy atom. The van der Waals surface area contributed by atoms with Crippen molar-refractivity contribution in [2.75, 3.05) is 0 Å². The van der Waals surface area contributed by atoms with E-state index in [4.69, 9.17) is 0 Å². The van der Waals surface area contributed by atoms with Crippen LogP contribution in [0.4, 0.5) is 0 Å². The minimum atomic E-state index is 0.0676. The third kappa shape index (κ3) is 0.909. The Balaban J connectivity index is 2.69. The number of rotatable bonds is 0. The van der Waals surface area contributed by atoms with E-state index in [0.29, 0.717) is 0 Å². The van der Waals surface area contributed by atoms with Gasteiger partial charge in [0.05, 0.1) is 0 Å². The molecular formula is C11H8O. The van der Waals surface area contributed by atoms with Gasteiger partial charge in [0, 0.05) is 5.56 Å². The van der Waals surface area contributed by atoms with Crippen molar-refractivity contribution in [3.05, 3.63) is 54.1 Å². The van der Waals surface area contributed by atoms with E-state index in [0.717, 1.165) is 16.7 Å². The van der Waals surface area contributed by atoms with Gasteiger partial charge in [0.1, 0.15) is 0 Å². The van der Waals surface area contributed by atoms with E-state index < -0.39 is 0 Å². The average Bonchev–Trinajstić information content (AvgIpc) is 2.12. The third-order valence-electron chi connectivity index (χ3n) is 1.97. The lowest BCUT2D eigenvalue weighted by atomic mass is 9.93. The van der Waals surface area contributed by atoms with E-state index in [1.807, 2.05) is 24.3 Å². The second-order valence-corrected chi connectivity index (χ2v) is 2.77. The van der Waals surface area contributed by atoms with Gasteiger partial charge in [0.25, 0.3) is 0 Å². The number of allylic oxidation sites excluding steroid dienone is 3. The smallest absolute Gasteiger partial charge is 0.186 e. The summed E-state index contributed by atoms with van der Waals surface area (Å²) >= 11 is 0.